The van der Waals surface area contributed by atoms with E-state index in [1.807, 2.05) is 6.92 Å². The summed E-state index contributed by atoms with van der Waals surface area (Å²) in [6, 6.07) is 0. The Kier molecular flexibility index (Phi) is 4.28. The lowest BCUT2D eigenvalue weighted by Gasteiger charge is -2.17. The van der Waals surface area contributed by atoms with Crippen molar-refractivity contribution in [1.82, 2.24) is 14.5 Å². The molecule has 2 aromatic heterocycles. The van der Waals surface area contributed by atoms with Gasteiger partial charge in [0.1, 0.15) is 10.8 Å². The van der Waals surface area contributed by atoms with Crippen LogP contribution in [0.5, 0.6) is 5.88 Å². The molecule has 0 aliphatic carbocycles. The molecule has 0 radical (unpaired) electrons. The normalized spacial score (nSPS) is 25.0. The van der Waals surface area contributed by atoms with Crippen LogP contribution in [0, 0.1) is 3.95 Å². The van der Waals surface area contributed by atoms with Gasteiger partial charge in [-0.1, -0.05) is 11.3 Å². The number of aromatic nitrogens is 3. The summed E-state index contributed by atoms with van der Waals surface area (Å²) in [6.45, 7) is 2.12. The molecule has 8 nitrogen and oxygen atoms in total. The summed E-state index contributed by atoms with van der Waals surface area (Å²) in [4.78, 5) is 8.28. The van der Waals surface area contributed by atoms with Crippen LogP contribution in [0.25, 0.3) is 10.3 Å². The van der Waals surface area contributed by atoms with Crippen LogP contribution in [0.1, 0.15) is 19.6 Å². The van der Waals surface area contributed by atoms with Crippen molar-refractivity contribution in [2.75, 3.05) is 18.9 Å². The molecule has 1 fully saturated rings. The van der Waals surface area contributed by atoms with E-state index in [4.69, 9.17) is 27.4 Å². The van der Waals surface area contributed by atoms with E-state index >= 15 is 0 Å². The SMILES string of the molecule is CCOc1nc(N)nc2c1sc(=S)n2C1OC(CO)C[C@H]1O. The Morgan fingerprint density at radius 1 is 1.55 bits per heavy atom. The van der Waals surface area contributed by atoms with Gasteiger partial charge in [0.05, 0.1) is 19.3 Å². The minimum absolute atomic E-state index is 0.0590. The summed E-state index contributed by atoms with van der Waals surface area (Å²) in [5, 5.41) is 19.4. The van der Waals surface area contributed by atoms with Gasteiger partial charge >= 0.3 is 0 Å². The quantitative estimate of drug-likeness (QED) is 0.699. The van der Waals surface area contributed by atoms with Crippen LogP contribution in [-0.2, 0) is 4.74 Å². The largest absolute Gasteiger partial charge is 0.477 e. The first kappa shape index (κ1) is 15.6. The minimum Gasteiger partial charge on any atom is -0.477 e. The van der Waals surface area contributed by atoms with Crippen LogP contribution in [0.4, 0.5) is 5.95 Å². The van der Waals surface area contributed by atoms with Gasteiger partial charge in [0.15, 0.2) is 15.8 Å². The fraction of sp³-hybridized carbons (Fsp3) is 0.583. The fourth-order valence-electron chi connectivity index (χ4n) is 2.45. The molecule has 3 heterocycles. The Morgan fingerprint density at radius 2 is 2.32 bits per heavy atom. The zero-order valence-electron chi connectivity index (χ0n) is 11.8. The van der Waals surface area contributed by atoms with E-state index in [1.54, 1.807) is 4.57 Å². The van der Waals surface area contributed by atoms with E-state index in [9.17, 15) is 10.2 Å². The maximum absolute atomic E-state index is 10.2. The molecule has 0 aromatic carbocycles. The van der Waals surface area contributed by atoms with Crippen molar-refractivity contribution >= 4 is 39.9 Å². The molecule has 2 aromatic rings. The third-order valence-electron chi connectivity index (χ3n) is 3.35. The van der Waals surface area contributed by atoms with Crippen molar-refractivity contribution in [1.29, 1.82) is 0 Å². The highest BCUT2D eigenvalue weighted by Crippen LogP contribution is 2.37. The number of nitrogen functional groups attached to an aromatic ring is 1. The van der Waals surface area contributed by atoms with Gasteiger partial charge in [0.2, 0.25) is 11.8 Å². The van der Waals surface area contributed by atoms with Gasteiger partial charge in [-0.3, -0.25) is 4.57 Å². The van der Waals surface area contributed by atoms with Crippen molar-refractivity contribution in [2.24, 2.45) is 0 Å². The van der Waals surface area contributed by atoms with Crippen molar-refractivity contribution in [2.45, 2.75) is 31.8 Å². The first-order valence-corrected chi connectivity index (χ1v) is 8.03. The molecule has 3 rings (SSSR count). The summed E-state index contributed by atoms with van der Waals surface area (Å²) in [5.41, 5.74) is 6.20. The molecule has 4 N–H and O–H groups in total. The third-order valence-corrected chi connectivity index (χ3v) is 4.73. The topological polar surface area (TPSA) is 116 Å². The monoisotopic (exact) mass is 344 g/mol. The number of hydrogen-bond acceptors (Lipinski definition) is 9. The molecule has 3 atom stereocenters. The highest BCUT2D eigenvalue weighted by molar-refractivity contribution is 7.73. The summed E-state index contributed by atoms with van der Waals surface area (Å²) < 4.78 is 13.9. The van der Waals surface area contributed by atoms with Gasteiger partial charge in [0, 0.05) is 6.42 Å². The number of thiazole rings is 1. The second-order valence-corrected chi connectivity index (χ2v) is 6.49. The van der Waals surface area contributed by atoms with Crippen LogP contribution in [0.2, 0.25) is 0 Å². The van der Waals surface area contributed by atoms with Gasteiger partial charge < -0.3 is 25.4 Å². The Balaban J connectivity index is 2.14. The van der Waals surface area contributed by atoms with E-state index in [0.717, 1.165) is 0 Å². The average Bonchev–Trinajstić information content (AvgIpc) is 2.99. The number of rotatable bonds is 4. The van der Waals surface area contributed by atoms with Crippen LogP contribution >= 0.6 is 23.6 Å². The molecule has 1 aliphatic rings. The van der Waals surface area contributed by atoms with E-state index in [1.165, 1.54) is 11.3 Å². The zero-order valence-corrected chi connectivity index (χ0v) is 13.4. The first-order valence-electron chi connectivity index (χ1n) is 6.80. The average molecular weight is 344 g/mol. The molecule has 22 heavy (non-hydrogen) atoms. The van der Waals surface area contributed by atoms with E-state index in [0.29, 0.717) is 33.2 Å². The Hall–Kier alpha value is -1.33. The zero-order chi connectivity index (χ0) is 15.9. The molecule has 1 aliphatic heterocycles. The van der Waals surface area contributed by atoms with Crippen LogP contribution < -0.4 is 10.5 Å². The van der Waals surface area contributed by atoms with Crippen LogP contribution in [0.15, 0.2) is 0 Å². The molecule has 0 saturated carbocycles. The standard InChI is InChI=1S/C12H16N4O4S2/c1-2-19-9-7-8(14-11(13)15-9)16(12(21)22-7)10-6(18)3-5(4-17)20-10/h5-6,10,17-18H,2-4H2,1H3,(H2,13,14,15)/t5?,6-,10?/m1/s1. The summed E-state index contributed by atoms with van der Waals surface area (Å²) in [5.74, 6) is 0.426. The molecule has 0 spiro atoms. The maximum Gasteiger partial charge on any atom is 0.238 e. The summed E-state index contributed by atoms with van der Waals surface area (Å²) in [6.07, 6.45) is -1.59. The Bertz CT molecular complexity index is 747. The van der Waals surface area contributed by atoms with Crippen molar-refractivity contribution in [3.05, 3.63) is 3.95 Å². The first-order chi connectivity index (χ1) is 10.5. The van der Waals surface area contributed by atoms with Gasteiger partial charge in [-0.25, -0.2) is 0 Å². The molecule has 1 saturated heterocycles. The van der Waals surface area contributed by atoms with Gasteiger partial charge in [0.25, 0.3) is 0 Å². The third kappa shape index (κ3) is 2.57. The second kappa shape index (κ2) is 6.05. The highest BCUT2D eigenvalue weighted by Gasteiger charge is 2.36. The number of fused-ring (bicyclic) bond motifs is 1. The highest BCUT2D eigenvalue weighted by atomic mass is 32.1. The maximum atomic E-state index is 10.2. The molecule has 2 unspecified atom stereocenters. The predicted octanol–water partition coefficient (Wildman–Crippen LogP) is 0.844. The minimum atomic E-state index is -0.784. The summed E-state index contributed by atoms with van der Waals surface area (Å²) in [7, 11) is 0. The van der Waals surface area contributed by atoms with Crippen LogP contribution in [0.3, 0.4) is 0 Å². The predicted molar refractivity (Wildman–Crippen MR) is 83.4 cm³/mol. The molecule has 120 valence electrons. The molecule has 0 amide bonds. The molecule has 0 bridgehead atoms. The van der Waals surface area contributed by atoms with Gasteiger partial charge in [-0.05, 0) is 19.1 Å². The van der Waals surface area contributed by atoms with E-state index < -0.39 is 18.4 Å². The molecule has 10 heteroatoms. The molecular formula is C12H16N4O4S2. The number of nitrogens with zero attached hydrogens (tertiary/aromatic N) is 3. The number of ether oxygens (including phenoxy) is 2. The number of aliphatic hydroxyl groups excluding tert-OH is 2. The van der Waals surface area contributed by atoms with E-state index in [2.05, 4.69) is 9.97 Å². The number of hydrogen-bond donors (Lipinski definition) is 3. The fourth-order valence-corrected chi connectivity index (χ4v) is 3.78. The summed E-state index contributed by atoms with van der Waals surface area (Å²) >= 11 is 6.64. The van der Waals surface area contributed by atoms with Gasteiger partial charge in [-0.2, -0.15) is 9.97 Å². The number of aliphatic hydroxyl groups is 2. The Labute approximate surface area is 135 Å². The lowest BCUT2D eigenvalue weighted by atomic mass is 10.2. The lowest BCUT2D eigenvalue weighted by Crippen LogP contribution is -2.20. The smallest absolute Gasteiger partial charge is 0.238 e. The lowest BCUT2D eigenvalue weighted by molar-refractivity contribution is -0.0487. The van der Waals surface area contributed by atoms with Gasteiger partial charge in [-0.15, -0.1) is 0 Å². The van der Waals surface area contributed by atoms with Crippen molar-refractivity contribution < 1.29 is 19.7 Å². The van der Waals surface area contributed by atoms with Crippen molar-refractivity contribution in [3.63, 3.8) is 0 Å². The van der Waals surface area contributed by atoms with Crippen LogP contribution in [-0.4, -0.2) is 50.2 Å². The second-order valence-electron chi connectivity index (χ2n) is 4.84. The number of nitrogens with two attached hydrogens (primary N) is 1. The van der Waals surface area contributed by atoms with Crippen molar-refractivity contribution in [3.8, 4) is 5.88 Å². The molecular weight excluding hydrogens is 328 g/mol. The Morgan fingerprint density at radius 3 is 2.95 bits per heavy atom. The van der Waals surface area contributed by atoms with E-state index in [-0.39, 0.29) is 12.6 Å². The number of anilines is 1.